The van der Waals surface area contributed by atoms with Crippen LogP contribution in [0, 0.1) is 19.7 Å². The number of ether oxygens (including phenoxy) is 1. The number of aromatic nitrogens is 1. The highest BCUT2D eigenvalue weighted by Crippen LogP contribution is 2.35. The van der Waals surface area contributed by atoms with Gasteiger partial charge in [0.15, 0.2) is 6.23 Å². The van der Waals surface area contributed by atoms with Crippen LogP contribution in [0.1, 0.15) is 27.7 Å². The number of nitrogens with one attached hydrogen (secondary N) is 3. The summed E-state index contributed by atoms with van der Waals surface area (Å²) in [7, 11) is -2.46. The third-order valence-corrected chi connectivity index (χ3v) is 8.05. The van der Waals surface area contributed by atoms with E-state index in [1.807, 2.05) is 4.72 Å². The van der Waals surface area contributed by atoms with Crippen molar-refractivity contribution < 1.29 is 27.1 Å². The van der Waals surface area contributed by atoms with Crippen molar-refractivity contribution in [3.05, 3.63) is 58.3 Å². The molecule has 0 spiro atoms. The standard InChI is InChI=1S/C22H22FN5O5S2/c1-11-7-14(28-13(3)33-18-9-17(24-4)16(23)8-15(18)21(28)29)10-25-20(11)26-22(30)27-35(31,32)19-6-5-12(2)34-19/h5-10,13,24H,1-4H3,(H2,25,26,27,30). The van der Waals surface area contributed by atoms with Gasteiger partial charge in [-0.2, -0.15) is 0 Å². The second-order valence-corrected chi connectivity index (χ2v) is 11.0. The van der Waals surface area contributed by atoms with E-state index in [4.69, 9.17) is 4.74 Å². The Morgan fingerprint density at radius 2 is 1.97 bits per heavy atom. The van der Waals surface area contributed by atoms with Crippen LogP contribution in [-0.2, 0) is 10.0 Å². The molecular formula is C22H22FN5O5S2. The number of aryl methyl sites for hydroxylation is 2. The summed E-state index contributed by atoms with van der Waals surface area (Å²) in [5.74, 6) is -0.708. The molecule has 1 aromatic carbocycles. The lowest BCUT2D eigenvalue weighted by atomic mass is 10.1. The highest BCUT2D eigenvalue weighted by Gasteiger charge is 2.34. The molecule has 3 N–H and O–H groups in total. The molecule has 2 aromatic heterocycles. The molecule has 0 aliphatic carbocycles. The van der Waals surface area contributed by atoms with Crippen molar-refractivity contribution in [1.29, 1.82) is 0 Å². The zero-order valence-corrected chi connectivity index (χ0v) is 20.8. The number of urea groups is 1. The Morgan fingerprint density at radius 3 is 2.60 bits per heavy atom. The Kier molecular flexibility index (Phi) is 6.38. The number of nitrogens with zero attached hydrogens (tertiary/aromatic N) is 2. The number of amides is 3. The van der Waals surface area contributed by atoms with E-state index in [0.717, 1.165) is 22.3 Å². The summed E-state index contributed by atoms with van der Waals surface area (Å²) in [5, 5.41) is 5.11. The van der Waals surface area contributed by atoms with Gasteiger partial charge in [0.25, 0.3) is 15.9 Å². The molecule has 35 heavy (non-hydrogen) atoms. The van der Waals surface area contributed by atoms with E-state index in [0.29, 0.717) is 11.3 Å². The average molecular weight is 520 g/mol. The number of pyridine rings is 1. The van der Waals surface area contributed by atoms with E-state index in [1.165, 1.54) is 23.2 Å². The molecule has 1 aliphatic rings. The lowest BCUT2D eigenvalue weighted by Gasteiger charge is -2.35. The van der Waals surface area contributed by atoms with Gasteiger partial charge in [0, 0.05) is 18.0 Å². The molecule has 0 bridgehead atoms. The fourth-order valence-electron chi connectivity index (χ4n) is 3.55. The molecule has 0 fully saturated rings. The average Bonchev–Trinajstić information content (AvgIpc) is 3.23. The van der Waals surface area contributed by atoms with Crippen LogP contribution in [0.5, 0.6) is 5.75 Å². The third-order valence-electron chi connectivity index (χ3n) is 5.23. The number of benzene rings is 1. The topological polar surface area (TPSA) is 130 Å². The molecule has 4 rings (SSSR count). The fourth-order valence-corrected chi connectivity index (χ4v) is 5.74. The van der Waals surface area contributed by atoms with Crippen LogP contribution in [0.4, 0.5) is 26.4 Å². The quantitative estimate of drug-likeness (QED) is 0.467. The van der Waals surface area contributed by atoms with E-state index in [2.05, 4.69) is 15.6 Å². The number of fused-ring (bicyclic) bond motifs is 1. The van der Waals surface area contributed by atoms with E-state index in [1.54, 1.807) is 40.0 Å². The van der Waals surface area contributed by atoms with Crippen LogP contribution in [0.2, 0.25) is 0 Å². The molecule has 184 valence electrons. The highest BCUT2D eigenvalue weighted by molar-refractivity contribution is 7.92. The van der Waals surface area contributed by atoms with Crippen LogP contribution in [0.3, 0.4) is 0 Å². The number of sulfonamides is 1. The number of halogens is 1. The van der Waals surface area contributed by atoms with Gasteiger partial charge in [-0.25, -0.2) is 27.3 Å². The van der Waals surface area contributed by atoms with E-state index < -0.39 is 34.0 Å². The minimum atomic E-state index is -4.02. The smallest absolute Gasteiger partial charge is 0.334 e. The molecule has 0 saturated heterocycles. The molecule has 3 amide bonds. The molecule has 0 saturated carbocycles. The Morgan fingerprint density at radius 1 is 1.23 bits per heavy atom. The Labute approximate surface area is 205 Å². The molecule has 1 atom stereocenters. The van der Waals surface area contributed by atoms with Crippen LogP contribution in [0.15, 0.2) is 40.7 Å². The molecule has 1 unspecified atom stereocenters. The maximum absolute atomic E-state index is 14.3. The predicted molar refractivity (Wildman–Crippen MR) is 130 cm³/mol. The largest absolute Gasteiger partial charge is 0.469 e. The summed E-state index contributed by atoms with van der Waals surface area (Å²) < 4.78 is 46.8. The number of thiophene rings is 1. The number of hydrogen-bond acceptors (Lipinski definition) is 8. The van der Waals surface area contributed by atoms with Gasteiger partial charge < -0.3 is 10.1 Å². The normalized spacial score (nSPS) is 15.3. The van der Waals surface area contributed by atoms with Gasteiger partial charge in [-0.05, 0) is 50.6 Å². The summed E-state index contributed by atoms with van der Waals surface area (Å²) in [6, 6.07) is 6.20. The van der Waals surface area contributed by atoms with E-state index >= 15 is 0 Å². The van der Waals surface area contributed by atoms with E-state index in [9.17, 15) is 22.4 Å². The van der Waals surface area contributed by atoms with Crippen LogP contribution >= 0.6 is 11.3 Å². The Hall–Kier alpha value is -3.71. The van der Waals surface area contributed by atoms with E-state index in [-0.39, 0.29) is 27.0 Å². The van der Waals surface area contributed by atoms with Crippen molar-refractivity contribution in [2.24, 2.45) is 0 Å². The zero-order valence-electron chi connectivity index (χ0n) is 19.2. The van der Waals surface area contributed by atoms with Crippen molar-refractivity contribution in [1.82, 2.24) is 9.71 Å². The molecule has 1 aliphatic heterocycles. The number of hydrogen-bond donors (Lipinski definition) is 3. The van der Waals surface area contributed by atoms with Crippen LogP contribution in [0.25, 0.3) is 0 Å². The lowest BCUT2D eigenvalue weighted by Crippen LogP contribution is -2.46. The summed E-state index contributed by atoms with van der Waals surface area (Å²) in [4.78, 5) is 31.7. The van der Waals surface area contributed by atoms with Crippen molar-refractivity contribution in [2.45, 2.75) is 31.2 Å². The fraction of sp³-hybridized carbons (Fsp3) is 0.227. The number of carbonyl (C=O) groups excluding carboxylic acids is 2. The highest BCUT2D eigenvalue weighted by atomic mass is 32.2. The maximum atomic E-state index is 14.3. The van der Waals surface area contributed by atoms with Crippen molar-refractivity contribution in [3.63, 3.8) is 0 Å². The van der Waals surface area contributed by atoms with Crippen molar-refractivity contribution >= 4 is 50.5 Å². The van der Waals surface area contributed by atoms with Gasteiger partial charge in [-0.1, -0.05) is 0 Å². The number of rotatable bonds is 5. The summed E-state index contributed by atoms with van der Waals surface area (Å²) in [6.07, 6.45) is 0.619. The summed E-state index contributed by atoms with van der Waals surface area (Å²) in [6.45, 7) is 5.05. The first-order chi connectivity index (χ1) is 16.5. The first-order valence-corrected chi connectivity index (χ1v) is 12.7. The first-order valence-electron chi connectivity index (χ1n) is 10.4. The molecule has 3 aromatic rings. The second kappa shape index (κ2) is 9.15. The SMILES string of the molecule is CNc1cc2c(cc1F)C(=O)N(c1cnc(NC(=O)NS(=O)(=O)c3ccc(C)s3)c(C)c1)C(C)O2. The monoisotopic (exact) mass is 519 g/mol. The lowest BCUT2D eigenvalue weighted by molar-refractivity contribution is 0.0876. The van der Waals surface area contributed by atoms with Crippen LogP contribution < -0.4 is 25.0 Å². The maximum Gasteiger partial charge on any atom is 0.334 e. The van der Waals surface area contributed by atoms with Gasteiger partial charge in [0.05, 0.1) is 23.1 Å². The van der Waals surface area contributed by atoms with Gasteiger partial charge in [-0.15, -0.1) is 11.3 Å². The van der Waals surface area contributed by atoms with Gasteiger partial charge in [0.1, 0.15) is 21.6 Å². The number of carbonyl (C=O) groups is 2. The minimum Gasteiger partial charge on any atom is -0.469 e. The van der Waals surface area contributed by atoms with Crippen molar-refractivity contribution in [3.8, 4) is 5.75 Å². The molecule has 3 heterocycles. The Balaban J connectivity index is 1.53. The molecule has 13 heteroatoms. The minimum absolute atomic E-state index is 0.0151. The van der Waals surface area contributed by atoms with Gasteiger partial charge in [-0.3, -0.25) is 15.0 Å². The van der Waals surface area contributed by atoms with Crippen LogP contribution in [-0.4, -0.2) is 38.6 Å². The summed E-state index contributed by atoms with van der Waals surface area (Å²) >= 11 is 1.04. The van der Waals surface area contributed by atoms with Gasteiger partial charge >= 0.3 is 6.03 Å². The first kappa shape index (κ1) is 24.4. The third kappa shape index (κ3) is 4.77. The molecular weight excluding hydrogens is 497 g/mol. The number of anilines is 3. The summed E-state index contributed by atoms with van der Waals surface area (Å²) in [5.41, 5.74) is 1.09. The van der Waals surface area contributed by atoms with Gasteiger partial charge in [0.2, 0.25) is 0 Å². The predicted octanol–water partition coefficient (Wildman–Crippen LogP) is 3.84. The second-order valence-electron chi connectivity index (χ2n) is 7.75. The molecule has 0 radical (unpaired) electrons. The Bertz CT molecular complexity index is 1440. The molecule has 10 nitrogen and oxygen atoms in total. The zero-order chi connectivity index (χ0) is 25.5. The van der Waals surface area contributed by atoms with Crippen molar-refractivity contribution in [2.75, 3.05) is 22.6 Å².